The van der Waals surface area contributed by atoms with E-state index in [1.807, 2.05) is 6.07 Å². The van der Waals surface area contributed by atoms with Crippen molar-refractivity contribution in [1.82, 2.24) is 4.90 Å². The predicted octanol–water partition coefficient (Wildman–Crippen LogP) is 2.57. The highest BCUT2D eigenvalue weighted by atomic mass is 15.2. The molecule has 0 spiro atoms. The normalized spacial score (nSPS) is 21.2. The van der Waals surface area contributed by atoms with E-state index in [1.165, 1.54) is 5.56 Å². The third-order valence-corrected chi connectivity index (χ3v) is 2.71. The Morgan fingerprint density at radius 3 is 2.93 bits per heavy atom. The van der Waals surface area contributed by atoms with E-state index in [0.29, 0.717) is 0 Å². The number of likely N-dealkylation sites (tertiary alicyclic amines) is 1. The Balaban J connectivity index is 1.90. The fourth-order valence-electron chi connectivity index (χ4n) is 1.96. The molecule has 1 aliphatic heterocycles. The van der Waals surface area contributed by atoms with Crippen molar-refractivity contribution >= 4 is 0 Å². The Bertz CT molecular complexity index is 356. The summed E-state index contributed by atoms with van der Waals surface area (Å²) in [5.74, 6) is 0. The minimum Gasteiger partial charge on any atom is -0.299 e. The van der Waals surface area contributed by atoms with E-state index in [1.54, 1.807) is 0 Å². The molecule has 4 nitrogen and oxygen atoms in total. The Morgan fingerprint density at radius 1 is 1.40 bits per heavy atom. The van der Waals surface area contributed by atoms with Crippen LogP contribution in [0.5, 0.6) is 0 Å². The number of hydrogen-bond acceptors (Lipinski definition) is 2. The summed E-state index contributed by atoms with van der Waals surface area (Å²) in [6, 6.07) is 10.5. The molecule has 78 valence electrons. The number of nitrogens with zero attached hydrogens (tertiary/aromatic N) is 4. The average molecular weight is 202 g/mol. The fraction of sp³-hybridized carbons (Fsp3) is 0.455. The summed E-state index contributed by atoms with van der Waals surface area (Å²) in [6.45, 7) is 2.87. The van der Waals surface area contributed by atoms with Crippen molar-refractivity contribution in [3.8, 4) is 0 Å². The van der Waals surface area contributed by atoms with Gasteiger partial charge in [-0.25, -0.2) is 0 Å². The Morgan fingerprint density at radius 2 is 2.20 bits per heavy atom. The molecule has 1 aromatic rings. The Labute approximate surface area is 89.1 Å². The molecular formula is C11H14N4. The fourth-order valence-corrected chi connectivity index (χ4v) is 1.96. The molecule has 1 heterocycles. The summed E-state index contributed by atoms with van der Waals surface area (Å²) in [5, 5.41) is 3.75. The third-order valence-electron chi connectivity index (χ3n) is 2.71. The van der Waals surface area contributed by atoms with Gasteiger partial charge in [-0.15, -0.1) is 0 Å². The van der Waals surface area contributed by atoms with E-state index in [-0.39, 0.29) is 6.04 Å². The Hall–Kier alpha value is -1.51. The molecule has 0 bridgehead atoms. The minimum absolute atomic E-state index is 0.165. The van der Waals surface area contributed by atoms with E-state index in [0.717, 1.165) is 26.1 Å². The second-order valence-corrected chi connectivity index (χ2v) is 3.87. The van der Waals surface area contributed by atoms with Crippen LogP contribution in [0.1, 0.15) is 12.0 Å². The maximum absolute atomic E-state index is 8.34. The van der Waals surface area contributed by atoms with Gasteiger partial charge in [0.25, 0.3) is 0 Å². The maximum atomic E-state index is 8.34. The summed E-state index contributed by atoms with van der Waals surface area (Å²) < 4.78 is 0. The van der Waals surface area contributed by atoms with E-state index in [9.17, 15) is 0 Å². The van der Waals surface area contributed by atoms with Gasteiger partial charge in [-0.1, -0.05) is 35.4 Å². The summed E-state index contributed by atoms with van der Waals surface area (Å²) >= 11 is 0. The number of azide groups is 1. The van der Waals surface area contributed by atoms with Gasteiger partial charge in [0.05, 0.1) is 6.04 Å². The first-order chi connectivity index (χ1) is 7.38. The van der Waals surface area contributed by atoms with E-state index >= 15 is 0 Å². The predicted molar refractivity (Wildman–Crippen MR) is 59.3 cm³/mol. The minimum atomic E-state index is 0.165. The van der Waals surface area contributed by atoms with Gasteiger partial charge in [0.2, 0.25) is 0 Å². The van der Waals surface area contributed by atoms with Crippen molar-refractivity contribution in [3.05, 3.63) is 46.3 Å². The molecule has 1 aromatic carbocycles. The van der Waals surface area contributed by atoms with Crippen molar-refractivity contribution in [1.29, 1.82) is 0 Å². The van der Waals surface area contributed by atoms with Crippen molar-refractivity contribution < 1.29 is 0 Å². The van der Waals surface area contributed by atoms with Gasteiger partial charge in [0, 0.05) is 18.0 Å². The first-order valence-corrected chi connectivity index (χ1v) is 5.19. The van der Waals surface area contributed by atoms with Gasteiger partial charge >= 0.3 is 0 Å². The first-order valence-electron chi connectivity index (χ1n) is 5.19. The lowest BCUT2D eigenvalue weighted by atomic mass is 10.2. The van der Waals surface area contributed by atoms with Crippen molar-refractivity contribution in [3.63, 3.8) is 0 Å². The third kappa shape index (κ3) is 2.72. The van der Waals surface area contributed by atoms with Gasteiger partial charge < -0.3 is 0 Å². The second kappa shape index (κ2) is 4.82. The number of benzene rings is 1. The highest BCUT2D eigenvalue weighted by Gasteiger charge is 2.20. The summed E-state index contributed by atoms with van der Waals surface area (Å²) in [4.78, 5) is 5.19. The van der Waals surface area contributed by atoms with Crippen LogP contribution in [0.2, 0.25) is 0 Å². The Kier molecular flexibility index (Phi) is 3.22. The molecular weight excluding hydrogens is 188 g/mol. The quantitative estimate of drug-likeness (QED) is 0.422. The van der Waals surface area contributed by atoms with Crippen molar-refractivity contribution in [2.45, 2.75) is 19.0 Å². The van der Waals surface area contributed by atoms with Crippen LogP contribution in [0, 0.1) is 0 Å². The maximum Gasteiger partial charge on any atom is 0.0513 e. The smallest absolute Gasteiger partial charge is 0.0513 e. The lowest BCUT2D eigenvalue weighted by Crippen LogP contribution is -2.20. The highest BCUT2D eigenvalue weighted by Crippen LogP contribution is 2.15. The molecule has 1 saturated heterocycles. The zero-order chi connectivity index (χ0) is 10.5. The molecule has 0 saturated carbocycles. The molecule has 1 aliphatic rings. The van der Waals surface area contributed by atoms with Crippen LogP contribution in [-0.2, 0) is 6.54 Å². The number of rotatable bonds is 3. The van der Waals surface area contributed by atoms with Crippen LogP contribution in [-0.4, -0.2) is 24.0 Å². The highest BCUT2D eigenvalue weighted by molar-refractivity contribution is 5.14. The number of hydrogen-bond donors (Lipinski definition) is 0. The lowest BCUT2D eigenvalue weighted by Gasteiger charge is -2.14. The zero-order valence-corrected chi connectivity index (χ0v) is 8.58. The van der Waals surface area contributed by atoms with Gasteiger partial charge in [-0.05, 0) is 24.1 Å². The van der Waals surface area contributed by atoms with Gasteiger partial charge in [-0.2, -0.15) is 0 Å². The molecule has 15 heavy (non-hydrogen) atoms. The van der Waals surface area contributed by atoms with Crippen molar-refractivity contribution in [2.75, 3.05) is 13.1 Å². The van der Waals surface area contributed by atoms with Crippen LogP contribution in [0.4, 0.5) is 0 Å². The summed E-state index contributed by atoms with van der Waals surface area (Å²) in [6.07, 6.45) is 0.983. The zero-order valence-electron chi connectivity index (χ0n) is 8.58. The van der Waals surface area contributed by atoms with E-state index in [2.05, 4.69) is 39.2 Å². The SMILES string of the molecule is [N-]=[N+]=NC1CCN(Cc2ccccc2)C1. The standard InChI is InChI=1S/C11H14N4/c12-14-13-11-6-7-15(9-11)8-10-4-2-1-3-5-10/h1-5,11H,6-9H2. The van der Waals surface area contributed by atoms with Gasteiger partial charge in [0.1, 0.15) is 0 Å². The van der Waals surface area contributed by atoms with Crippen LogP contribution in [0.25, 0.3) is 10.4 Å². The largest absolute Gasteiger partial charge is 0.299 e. The van der Waals surface area contributed by atoms with Gasteiger partial charge in [-0.3, -0.25) is 4.90 Å². The monoisotopic (exact) mass is 202 g/mol. The van der Waals surface area contributed by atoms with Crippen LogP contribution >= 0.6 is 0 Å². The average Bonchev–Trinajstić information content (AvgIpc) is 2.68. The lowest BCUT2D eigenvalue weighted by molar-refractivity contribution is 0.327. The molecule has 4 heteroatoms. The van der Waals surface area contributed by atoms with Crippen LogP contribution < -0.4 is 0 Å². The molecule has 0 N–H and O–H groups in total. The van der Waals surface area contributed by atoms with Gasteiger partial charge in [0.15, 0.2) is 0 Å². The molecule has 1 atom stereocenters. The molecule has 0 aliphatic carbocycles. The van der Waals surface area contributed by atoms with Crippen LogP contribution in [0.15, 0.2) is 35.4 Å². The molecule has 1 fully saturated rings. The van der Waals surface area contributed by atoms with E-state index in [4.69, 9.17) is 5.53 Å². The molecule has 1 unspecified atom stereocenters. The molecule has 0 aromatic heterocycles. The van der Waals surface area contributed by atoms with Crippen molar-refractivity contribution in [2.24, 2.45) is 5.11 Å². The molecule has 2 rings (SSSR count). The van der Waals surface area contributed by atoms with Crippen LogP contribution in [0.3, 0.4) is 0 Å². The topological polar surface area (TPSA) is 52.0 Å². The summed E-state index contributed by atoms with van der Waals surface area (Å²) in [7, 11) is 0. The summed E-state index contributed by atoms with van der Waals surface area (Å²) in [5.41, 5.74) is 9.66. The molecule has 0 amide bonds. The molecule has 0 radical (unpaired) electrons. The second-order valence-electron chi connectivity index (χ2n) is 3.87. The first kappa shape index (κ1) is 10.0. The van der Waals surface area contributed by atoms with E-state index < -0.39 is 0 Å².